The van der Waals surface area contributed by atoms with Crippen LogP contribution in [-0.4, -0.2) is 57.5 Å². The van der Waals surface area contributed by atoms with Crippen molar-refractivity contribution in [2.24, 2.45) is 5.73 Å². The standard InChI is InChI=1S/C11H26N2O2/c1-11(2,12)5-6-13(7-9-14-3)8-10-15-4/h5-10,12H2,1-4H3. The molecule has 4 heteroatoms. The van der Waals surface area contributed by atoms with Gasteiger partial charge in [-0.3, -0.25) is 4.90 Å². The molecule has 0 aliphatic rings. The SMILES string of the molecule is COCCN(CCOC)CCC(C)(C)N. The first kappa shape index (κ1) is 14.8. The van der Waals surface area contributed by atoms with Crippen LogP contribution >= 0.6 is 0 Å². The summed E-state index contributed by atoms with van der Waals surface area (Å²) in [7, 11) is 3.45. The number of ether oxygens (including phenoxy) is 2. The van der Waals surface area contributed by atoms with Crippen molar-refractivity contribution in [2.75, 3.05) is 47.1 Å². The van der Waals surface area contributed by atoms with Crippen molar-refractivity contribution in [3.05, 3.63) is 0 Å². The van der Waals surface area contributed by atoms with E-state index in [0.717, 1.165) is 39.3 Å². The van der Waals surface area contributed by atoms with Gasteiger partial charge in [-0.25, -0.2) is 0 Å². The average molecular weight is 218 g/mol. The summed E-state index contributed by atoms with van der Waals surface area (Å²) in [5, 5.41) is 0. The van der Waals surface area contributed by atoms with Crippen LogP contribution in [0, 0.1) is 0 Å². The van der Waals surface area contributed by atoms with Gasteiger partial charge in [-0.2, -0.15) is 0 Å². The number of hydrogen-bond donors (Lipinski definition) is 1. The Morgan fingerprint density at radius 1 is 1.00 bits per heavy atom. The summed E-state index contributed by atoms with van der Waals surface area (Å²) in [6.45, 7) is 8.50. The minimum Gasteiger partial charge on any atom is -0.383 e. The van der Waals surface area contributed by atoms with E-state index < -0.39 is 0 Å². The molecular formula is C11H26N2O2. The Labute approximate surface area is 93.7 Å². The van der Waals surface area contributed by atoms with Crippen LogP contribution in [0.25, 0.3) is 0 Å². The number of nitrogens with two attached hydrogens (primary N) is 1. The average Bonchev–Trinajstić information content (AvgIpc) is 2.15. The second-order valence-corrected chi connectivity index (χ2v) is 4.57. The van der Waals surface area contributed by atoms with Crippen molar-refractivity contribution in [2.45, 2.75) is 25.8 Å². The van der Waals surface area contributed by atoms with Gasteiger partial charge in [-0.05, 0) is 20.3 Å². The Kier molecular flexibility index (Phi) is 7.96. The van der Waals surface area contributed by atoms with Crippen LogP contribution in [0.2, 0.25) is 0 Å². The van der Waals surface area contributed by atoms with E-state index in [1.165, 1.54) is 0 Å². The monoisotopic (exact) mass is 218 g/mol. The summed E-state index contributed by atoms with van der Waals surface area (Å²) in [6.07, 6.45) is 0.987. The minimum absolute atomic E-state index is 0.0988. The molecule has 0 bridgehead atoms. The molecule has 0 heterocycles. The second-order valence-electron chi connectivity index (χ2n) is 4.57. The maximum atomic E-state index is 5.95. The molecule has 0 aliphatic heterocycles. The summed E-state index contributed by atoms with van der Waals surface area (Å²) in [6, 6.07) is 0. The zero-order valence-corrected chi connectivity index (χ0v) is 10.6. The summed E-state index contributed by atoms with van der Waals surface area (Å²) in [5.74, 6) is 0. The first-order chi connectivity index (χ1) is 6.99. The summed E-state index contributed by atoms with van der Waals surface area (Å²) < 4.78 is 10.1. The van der Waals surface area contributed by atoms with Crippen molar-refractivity contribution >= 4 is 0 Å². The Bertz CT molecular complexity index is 138. The fourth-order valence-electron chi connectivity index (χ4n) is 1.22. The molecule has 0 saturated heterocycles. The van der Waals surface area contributed by atoms with Gasteiger partial charge in [-0.1, -0.05) is 0 Å². The molecule has 0 saturated carbocycles. The van der Waals surface area contributed by atoms with Gasteiger partial charge in [0.2, 0.25) is 0 Å². The predicted molar refractivity (Wildman–Crippen MR) is 63.1 cm³/mol. The summed E-state index contributed by atoms with van der Waals surface area (Å²) >= 11 is 0. The van der Waals surface area contributed by atoms with E-state index in [2.05, 4.69) is 18.7 Å². The van der Waals surface area contributed by atoms with Crippen molar-refractivity contribution in [1.29, 1.82) is 0 Å². The Balaban J connectivity index is 3.78. The maximum absolute atomic E-state index is 5.95. The van der Waals surface area contributed by atoms with E-state index in [1.54, 1.807) is 14.2 Å². The number of methoxy groups -OCH3 is 2. The van der Waals surface area contributed by atoms with Crippen LogP contribution in [0.5, 0.6) is 0 Å². The van der Waals surface area contributed by atoms with E-state index in [-0.39, 0.29) is 5.54 Å². The Morgan fingerprint density at radius 3 is 1.80 bits per heavy atom. The van der Waals surface area contributed by atoms with Gasteiger partial charge in [-0.15, -0.1) is 0 Å². The predicted octanol–water partition coefficient (Wildman–Crippen LogP) is 0.709. The lowest BCUT2D eigenvalue weighted by atomic mass is 10.0. The zero-order chi connectivity index (χ0) is 11.7. The van der Waals surface area contributed by atoms with Crippen molar-refractivity contribution in [3.8, 4) is 0 Å². The van der Waals surface area contributed by atoms with Gasteiger partial charge in [0.05, 0.1) is 13.2 Å². The normalized spacial score (nSPS) is 12.4. The molecule has 4 nitrogen and oxygen atoms in total. The van der Waals surface area contributed by atoms with Gasteiger partial charge >= 0.3 is 0 Å². The molecule has 0 spiro atoms. The molecular weight excluding hydrogens is 192 g/mol. The number of hydrogen-bond acceptors (Lipinski definition) is 4. The lowest BCUT2D eigenvalue weighted by Crippen LogP contribution is -2.39. The zero-order valence-electron chi connectivity index (χ0n) is 10.6. The number of rotatable bonds is 9. The highest BCUT2D eigenvalue weighted by molar-refractivity contribution is 4.73. The van der Waals surface area contributed by atoms with Crippen LogP contribution in [0.3, 0.4) is 0 Å². The molecule has 0 amide bonds. The molecule has 0 aromatic carbocycles. The topological polar surface area (TPSA) is 47.7 Å². The highest BCUT2D eigenvalue weighted by Gasteiger charge is 2.13. The first-order valence-corrected chi connectivity index (χ1v) is 5.48. The van der Waals surface area contributed by atoms with Crippen molar-refractivity contribution in [3.63, 3.8) is 0 Å². The summed E-state index contributed by atoms with van der Waals surface area (Å²) in [4.78, 5) is 2.32. The van der Waals surface area contributed by atoms with Gasteiger partial charge in [0.15, 0.2) is 0 Å². The fourth-order valence-corrected chi connectivity index (χ4v) is 1.22. The third kappa shape index (κ3) is 10.1. The van der Waals surface area contributed by atoms with E-state index in [9.17, 15) is 0 Å². The fraction of sp³-hybridized carbons (Fsp3) is 1.00. The third-order valence-electron chi connectivity index (χ3n) is 2.30. The van der Waals surface area contributed by atoms with Crippen molar-refractivity contribution in [1.82, 2.24) is 4.90 Å². The lowest BCUT2D eigenvalue weighted by Gasteiger charge is -2.26. The van der Waals surface area contributed by atoms with Gasteiger partial charge in [0, 0.05) is 39.4 Å². The van der Waals surface area contributed by atoms with Crippen LogP contribution in [0.15, 0.2) is 0 Å². The molecule has 0 fully saturated rings. The highest BCUT2D eigenvalue weighted by atomic mass is 16.5. The largest absolute Gasteiger partial charge is 0.383 e. The molecule has 0 radical (unpaired) electrons. The second kappa shape index (κ2) is 8.05. The molecule has 0 aromatic heterocycles. The summed E-state index contributed by atoms with van der Waals surface area (Å²) in [5.41, 5.74) is 5.85. The highest BCUT2D eigenvalue weighted by Crippen LogP contribution is 2.05. The number of nitrogens with zero attached hydrogens (tertiary/aromatic N) is 1. The maximum Gasteiger partial charge on any atom is 0.0589 e. The van der Waals surface area contributed by atoms with E-state index in [1.807, 2.05) is 0 Å². The van der Waals surface area contributed by atoms with Gasteiger partial charge in [0.25, 0.3) is 0 Å². The van der Waals surface area contributed by atoms with E-state index in [0.29, 0.717) is 0 Å². The lowest BCUT2D eigenvalue weighted by molar-refractivity contribution is 0.110. The molecule has 92 valence electrons. The van der Waals surface area contributed by atoms with Crippen LogP contribution < -0.4 is 5.73 Å². The van der Waals surface area contributed by atoms with Crippen molar-refractivity contribution < 1.29 is 9.47 Å². The molecule has 0 atom stereocenters. The molecule has 0 aliphatic carbocycles. The van der Waals surface area contributed by atoms with Crippen LogP contribution in [0.4, 0.5) is 0 Å². The Morgan fingerprint density at radius 2 is 1.47 bits per heavy atom. The smallest absolute Gasteiger partial charge is 0.0589 e. The van der Waals surface area contributed by atoms with Gasteiger partial charge in [0.1, 0.15) is 0 Å². The third-order valence-corrected chi connectivity index (χ3v) is 2.30. The first-order valence-electron chi connectivity index (χ1n) is 5.48. The van der Waals surface area contributed by atoms with Crippen LogP contribution in [0.1, 0.15) is 20.3 Å². The molecule has 0 aromatic rings. The van der Waals surface area contributed by atoms with E-state index in [4.69, 9.17) is 15.2 Å². The van der Waals surface area contributed by atoms with Crippen LogP contribution in [-0.2, 0) is 9.47 Å². The Hall–Kier alpha value is -0.160. The van der Waals surface area contributed by atoms with E-state index >= 15 is 0 Å². The molecule has 0 unspecified atom stereocenters. The molecule has 0 rings (SSSR count). The quantitative estimate of drug-likeness (QED) is 0.619. The molecule has 2 N–H and O–H groups in total. The molecule has 15 heavy (non-hydrogen) atoms. The minimum atomic E-state index is -0.0988. The van der Waals surface area contributed by atoms with Gasteiger partial charge < -0.3 is 15.2 Å².